The average molecular weight is 620 g/mol. The summed E-state index contributed by atoms with van der Waals surface area (Å²) in [6.45, 7) is 7.56. The van der Waals surface area contributed by atoms with E-state index in [-0.39, 0.29) is 47.2 Å². The average Bonchev–Trinajstić information content (AvgIpc) is 3.79. The first-order valence-electron chi connectivity index (χ1n) is 16.1. The van der Waals surface area contributed by atoms with Crippen molar-refractivity contribution in [2.45, 2.75) is 76.7 Å². The maximum absolute atomic E-state index is 13.3. The monoisotopic (exact) mass is 619 g/mol. The van der Waals surface area contributed by atoms with Gasteiger partial charge in [0.25, 0.3) is 10.0 Å². The van der Waals surface area contributed by atoms with Crippen LogP contribution in [0.15, 0.2) is 53.4 Å². The Hall–Kier alpha value is -3.21. The minimum Gasteiger partial charge on any atom is -0.478 e. The molecule has 2 aromatic carbocycles. The number of halogens is 1. The summed E-state index contributed by atoms with van der Waals surface area (Å²) in [5.41, 5.74) is 1.46. The number of anilines is 1. The Balaban J connectivity index is 0.00000500. The van der Waals surface area contributed by atoms with Crippen molar-refractivity contribution in [3.05, 3.63) is 65.2 Å². The zero-order valence-corrected chi connectivity index (χ0v) is 25.5. The van der Waals surface area contributed by atoms with Crippen molar-refractivity contribution in [2.75, 3.05) is 11.3 Å². The highest BCUT2D eigenvalue weighted by atomic mass is 35.5. The molecule has 2 aliphatic carbocycles. The zero-order valence-electron chi connectivity index (χ0n) is 28.9. The number of ether oxygens (including phenoxy) is 1. The maximum Gasteiger partial charge on any atom is 0.335 e. The van der Waals surface area contributed by atoms with Gasteiger partial charge < -0.3 is 15.2 Å². The third-order valence-electron chi connectivity index (χ3n) is 7.07. The fraction of sp³-hybridized carbons (Fsp3) is 0.452. The Labute approximate surface area is 261 Å². The van der Waals surface area contributed by atoms with Crippen LogP contribution < -0.4 is 14.8 Å². The van der Waals surface area contributed by atoms with Crippen molar-refractivity contribution in [1.82, 2.24) is 15.3 Å². The number of benzene rings is 2. The molecule has 2 aliphatic rings. The van der Waals surface area contributed by atoms with Crippen molar-refractivity contribution in [1.29, 1.82) is 0 Å². The van der Waals surface area contributed by atoms with Gasteiger partial charge in [-0.15, -0.1) is 12.4 Å². The summed E-state index contributed by atoms with van der Waals surface area (Å²) in [5, 5.41) is 12.3. The van der Waals surface area contributed by atoms with Gasteiger partial charge in [-0.3, -0.25) is 0 Å². The number of carboxylic acids is 1. The lowest BCUT2D eigenvalue weighted by molar-refractivity contribution is 0.0696. The number of carboxylic acid groups (broad SMARTS) is 1. The second-order valence-electron chi connectivity index (χ2n) is 11.1. The molecule has 11 heteroatoms. The Kier molecular flexibility index (Phi) is 7.57. The number of nitrogens with zero attached hydrogens (tertiary/aromatic N) is 2. The van der Waals surface area contributed by atoms with E-state index in [2.05, 4.69) is 20.0 Å². The molecular weight excluding hydrogens is 576 g/mol. The quantitative estimate of drug-likeness (QED) is 0.225. The molecule has 1 heterocycles. The van der Waals surface area contributed by atoms with Crippen LogP contribution in [0.25, 0.3) is 11.3 Å². The van der Waals surface area contributed by atoms with Gasteiger partial charge in [0.1, 0.15) is 6.61 Å². The van der Waals surface area contributed by atoms with E-state index >= 15 is 0 Å². The van der Waals surface area contributed by atoms with Gasteiger partial charge in [0.2, 0.25) is 11.8 Å². The Morgan fingerprint density at radius 2 is 1.81 bits per heavy atom. The first kappa shape index (κ1) is 25.3. The molecule has 0 amide bonds. The van der Waals surface area contributed by atoms with Gasteiger partial charge in [-0.2, -0.15) is 4.98 Å². The number of hydrogen-bond acceptors (Lipinski definition) is 7. The van der Waals surface area contributed by atoms with Crippen LogP contribution in [0.4, 0.5) is 5.95 Å². The predicted octanol–water partition coefficient (Wildman–Crippen LogP) is 6.01. The molecule has 1 spiro atoms. The normalized spacial score (nSPS) is 21.3. The van der Waals surface area contributed by atoms with Gasteiger partial charge >= 0.3 is 5.97 Å². The van der Waals surface area contributed by atoms with Crippen LogP contribution >= 0.6 is 12.4 Å². The summed E-state index contributed by atoms with van der Waals surface area (Å²) in [4.78, 5) is 19.9. The molecule has 9 nitrogen and oxygen atoms in total. The fourth-order valence-corrected chi connectivity index (χ4v) is 5.91. The minimum absolute atomic E-state index is 0. The summed E-state index contributed by atoms with van der Waals surface area (Å²) in [6, 6.07) is 9.25. The molecule has 2 saturated carbocycles. The first-order valence-corrected chi connectivity index (χ1v) is 15.1. The number of rotatable bonds is 12. The van der Waals surface area contributed by atoms with E-state index in [1.54, 1.807) is 6.07 Å². The van der Waals surface area contributed by atoms with Crippen molar-refractivity contribution < 1.29 is 29.9 Å². The van der Waals surface area contributed by atoms with E-state index in [4.69, 9.17) is 11.6 Å². The molecular formula is C31H39ClN4O5S. The van der Waals surface area contributed by atoms with Gasteiger partial charge in [-0.25, -0.2) is 22.9 Å². The minimum atomic E-state index is -4.32. The molecule has 0 radical (unpaired) electrons. The molecule has 1 aromatic heterocycles. The molecule has 3 N–H and O–H groups in total. The number of aromatic carboxylic acids is 1. The van der Waals surface area contributed by atoms with Gasteiger partial charge in [-0.05, 0) is 86.5 Å². The Morgan fingerprint density at radius 1 is 1.14 bits per heavy atom. The van der Waals surface area contributed by atoms with Crippen LogP contribution in [0.3, 0.4) is 0 Å². The third kappa shape index (κ3) is 7.40. The lowest BCUT2D eigenvalue weighted by atomic mass is 9.76. The van der Waals surface area contributed by atoms with Crippen molar-refractivity contribution >= 4 is 34.3 Å². The van der Waals surface area contributed by atoms with Crippen molar-refractivity contribution in [2.24, 2.45) is 11.3 Å². The molecule has 42 heavy (non-hydrogen) atoms. The van der Waals surface area contributed by atoms with E-state index < -0.39 is 46.2 Å². The van der Waals surface area contributed by atoms with Crippen LogP contribution in [0, 0.1) is 25.2 Å². The van der Waals surface area contributed by atoms with E-state index in [1.165, 1.54) is 18.2 Å². The Morgan fingerprint density at radius 3 is 2.43 bits per heavy atom. The second kappa shape index (κ2) is 12.6. The topological polar surface area (TPSA) is 131 Å². The smallest absolute Gasteiger partial charge is 0.335 e. The van der Waals surface area contributed by atoms with E-state index in [0.717, 1.165) is 22.8 Å². The van der Waals surface area contributed by atoms with Crippen LogP contribution in [0.1, 0.15) is 74.2 Å². The molecule has 0 bridgehead atoms. The van der Waals surface area contributed by atoms with Gasteiger partial charge in [0.05, 0.1) is 16.2 Å². The lowest BCUT2D eigenvalue weighted by Crippen LogP contribution is -2.49. The van der Waals surface area contributed by atoms with Gasteiger partial charge in [-0.1, -0.05) is 38.1 Å². The maximum atomic E-state index is 13.3. The standard InChI is InChI=1S/C31H38N4O5S.ClH/c1-19(2)13-23(32-24-16-31(17-24)11-12-31)18-40-27-15-26(28-20(3)7-5-8-21(28)4)33-30(34-27)35-41(38,39)25-10-6-9-22(14-25)29(36)37;/h5-10,14-15,19,23-24,32H,11-13,16-18H2,1-4H3,(H,36,37)(H,33,34,35);1H/t23-;/m1./s1/i16D2,17D2,24D;. The molecule has 3 aromatic rings. The second-order valence-corrected chi connectivity index (χ2v) is 12.8. The first-order chi connectivity index (χ1) is 21.3. The van der Waals surface area contributed by atoms with Gasteiger partial charge in [0.15, 0.2) is 0 Å². The molecule has 2 fully saturated rings. The summed E-state index contributed by atoms with van der Waals surface area (Å²) in [5.74, 6) is -1.51. The molecule has 0 saturated heterocycles. The zero-order chi connectivity index (χ0) is 33.9. The summed E-state index contributed by atoms with van der Waals surface area (Å²) in [6.07, 6.45) is -2.96. The van der Waals surface area contributed by atoms with Crippen molar-refractivity contribution in [3.8, 4) is 17.1 Å². The lowest BCUT2D eigenvalue weighted by Gasteiger charge is -2.39. The number of carbonyl (C=O) groups is 1. The highest BCUT2D eigenvalue weighted by Gasteiger charge is 2.53. The third-order valence-corrected chi connectivity index (χ3v) is 8.40. The number of sulfonamides is 1. The Bertz CT molecular complexity index is 1750. The SMILES string of the molecule is Cl.[2H]C1([2H])C2(CC2)C([2H])([2H])C1([2H])N[C@@H](COc1cc(-c2c(C)cccc2C)nc(NS(=O)(=O)c2cccc(C(=O)O)c2)n1)CC(C)C. The van der Waals surface area contributed by atoms with Crippen LogP contribution in [0.2, 0.25) is 0 Å². The summed E-state index contributed by atoms with van der Waals surface area (Å²) in [7, 11) is -4.32. The fourth-order valence-electron chi connectivity index (χ4n) is 4.92. The van der Waals surface area contributed by atoms with Gasteiger partial charge in [0, 0.05) is 30.5 Å². The number of aromatic nitrogens is 2. The number of nitrogens with one attached hydrogen (secondary N) is 2. The van der Waals surface area contributed by atoms with E-state index in [1.807, 2.05) is 45.9 Å². The highest BCUT2D eigenvalue weighted by Crippen LogP contribution is 2.60. The summed E-state index contributed by atoms with van der Waals surface area (Å²) >= 11 is 0. The van der Waals surface area contributed by atoms with E-state index in [9.17, 15) is 18.3 Å². The summed E-state index contributed by atoms with van der Waals surface area (Å²) < 4.78 is 78.4. The molecule has 1 atom stereocenters. The molecule has 0 aliphatic heterocycles. The molecule has 5 rings (SSSR count). The van der Waals surface area contributed by atoms with Crippen LogP contribution in [-0.4, -0.2) is 48.1 Å². The van der Waals surface area contributed by atoms with Crippen LogP contribution in [-0.2, 0) is 10.0 Å². The highest BCUT2D eigenvalue weighted by molar-refractivity contribution is 7.92. The predicted molar refractivity (Wildman–Crippen MR) is 165 cm³/mol. The molecule has 0 unspecified atom stereocenters. The van der Waals surface area contributed by atoms with E-state index in [0.29, 0.717) is 25.0 Å². The number of aryl methyl sites for hydroxylation is 2. The largest absolute Gasteiger partial charge is 0.478 e. The van der Waals surface area contributed by atoms with Crippen LogP contribution in [0.5, 0.6) is 5.88 Å². The number of hydrogen-bond donors (Lipinski definition) is 3. The van der Waals surface area contributed by atoms with Crippen molar-refractivity contribution in [3.63, 3.8) is 0 Å². The molecule has 226 valence electrons.